The molecule has 0 aliphatic carbocycles. The first kappa shape index (κ1) is 13.5. The predicted molar refractivity (Wildman–Crippen MR) is 57.0 cm³/mol. The third kappa shape index (κ3) is 3.21. The highest BCUT2D eigenvalue weighted by Gasteiger charge is 2.39. The number of carbonyl (C=O) groups is 2. The van der Waals surface area contributed by atoms with Crippen molar-refractivity contribution in [3.05, 3.63) is 5.53 Å². The highest BCUT2D eigenvalue weighted by Crippen LogP contribution is 2.20. The Kier molecular flexibility index (Phi) is 4.14. The molecule has 0 unspecified atom stereocenters. The maximum absolute atomic E-state index is 11.8. The Morgan fingerprint density at radius 3 is 2.24 bits per heavy atom. The topological polar surface area (TPSA) is 114 Å². The second kappa shape index (κ2) is 5.20. The van der Waals surface area contributed by atoms with Crippen molar-refractivity contribution in [3.8, 4) is 0 Å². The number of esters is 1. The van der Waals surface area contributed by atoms with E-state index in [9.17, 15) is 18.0 Å². The Labute approximate surface area is 98.3 Å². The van der Waals surface area contributed by atoms with E-state index in [4.69, 9.17) is 5.53 Å². The van der Waals surface area contributed by atoms with Gasteiger partial charge in [0.05, 0.1) is 18.6 Å². The van der Waals surface area contributed by atoms with E-state index in [0.717, 1.165) is 7.11 Å². The zero-order valence-electron chi connectivity index (χ0n) is 9.25. The molecule has 8 heteroatoms. The summed E-state index contributed by atoms with van der Waals surface area (Å²) in [6, 6.07) is 0. The van der Waals surface area contributed by atoms with Crippen molar-refractivity contribution >= 4 is 27.3 Å². The molecule has 0 aromatic carbocycles. The number of ketones is 1. The number of carbonyl (C=O) groups excluding carboxylic acids is 2. The fourth-order valence-electron chi connectivity index (χ4n) is 1.63. The van der Waals surface area contributed by atoms with Crippen molar-refractivity contribution in [2.24, 2.45) is 5.92 Å². The first-order chi connectivity index (χ1) is 7.91. The molecule has 1 fully saturated rings. The average molecular weight is 260 g/mol. The van der Waals surface area contributed by atoms with Crippen LogP contribution in [0.3, 0.4) is 0 Å². The molecule has 1 aliphatic rings. The SMILES string of the molecule is COC(=O)C(=[N+]=[N-])C(=O)C1CCS(=O)(=O)CC1. The minimum absolute atomic E-state index is 0.0940. The second-order valence-electron chi connectivity index (χ2n) is 3.73. The van der Waals surface area contributed by atoms with E-state index >= 15 is 0 Å². The van der Waals surface area contributed by atoms with Gasteiger partial charge in [-0.15, -0.1) is 0 Å². The van der Waals surface area contributed by atoms with Crippen LogP contribution in [0.2, 0.25) is 0 Å². The van der Waals surface area contributed by atoms with Crippen LogP contribution in [0.25, 0.3) is 5.53 Å². The summed E-state index contributed by atoms with van der Waals surface area (Å²) in [7, 11) is -2.02. The number of nitrogens with zero attached hydrogens (tertiary/aromatic N) is 2. The Morgan fingerprint density at radius 2 is 1.82 bits per heavy atom. The van der Waals surface area contributed by atoms with Gasteiger partial charge in [-0.25, -0.2) is 13.2 Å². The number of rotatable bonds is 3. The van der Waals surface area contributed by atoms with Crippen LogP contribution in [0.1, 0.15) is 12.8 Å². The van der Waals surface area contributed by atoms with Crippen molar-refractivity contribution in [2.75, 3.05) is 18.6 Å². The Bertz CT molecular complexity index is 476. The Balaban J connectivity index is 2.79. The third-order valence-corrected chi connectivity index (χ3v) is 4.35. The van der Waals surface area contributed by atoms with Gasteiger partial charge in [0.2, 0.25) is 0 Å². The average Bonchev–Trinajstić information content (AvgIpc) is 2.29. The molecular formula is C9H12N2O5S. The number of Topliss-reactive ketones (excluding diaryl/α,β-unsaturated/α-hetero) is 1. The van der Waals surface area contributed by atoms with Crippen LogP contribution < -0.4 is 0 Å². The molecule has 0 aromatic rings. The second-order valence-corrected chi connectivity index (χ2v) is 6.03. The Morgan fingerprint density at radius 1 is 1.29 bits per heavy atom. The lowest BCUT2D eigenvalue weighted by Crippen LogP contribution is -2.36. The summed E-state index contributed by atoms with van der Waals surface area (Å²) in [5.74, 6) is -2.49. The molecule has 1 aliphatic heterocycles. The molecule has 0 spiro atoms. The molecule has 1 rings (SSSR count). The van der Waals surface area contributed by atoms with Crippen LogP contribution >= 0.6 is 0 Å². The molecule has 17 heavy (non-hydrogen) atoms. The van der Waals surface area contributed by atoms with Crippen LogP contribution in [0.5, 0.6) is 0 Å². The van der Waals surface area contributed by atoms with E-state index in [1.807, 2.05) is 0 Å². The van der Waals surface area contributed by atoms with E-state index in [1.54, 1.807) is 0 Å². The lowest BCUT2D eigenvalue weighted by molar-refractivity contribution is -0.140. The molecule has 0 saturated carbocycles. The highest BCUT2D eigenvalue weighted by atomic mass is 32.2. The van der Waals surface area contributed by atoms with Crippen LogP contribution in [0, 0.1) is 5.92 Å². The zero-order valence-corrected chi connectivity index (χ0v) is 10.1. The molecule has 94 valence electrons. The van der Waals surface area contributed by atoms with Gasteiger partial charge >= 0.3 is 11.7 Å². The van der Waals surface area contributed by atoms with Gasteiger partial charge in [0.1, 0.15) is 9.84 Å². The number of hydrogen-bond donors (Lipinski definition) is 0. The molecule has 0 N–H and O–H groups in total. The van der Waals surface area contributed by atoms with Crippen molar-refractivity contribution in [3.63, 3.8) is 0 Å². The Hall–Kier alpha value is -1.53. The number of hydrogen-bond acceptors (Lipinski definition) is 5. The quantitative estimate of drug-likeness (QED) is 0.217. The molecule has 1 heterocycles. The van der Waals surface area contributed by atoms with Gasteiger partial charge in [0, 0.05) is 5.92 Å². The van der Waals surface area contributed by atoms with E-state index in [2.05, 4.69) is 9.53 Å². The smallest absolute Gasteiger partial charge is 0.441 e. The maximum Gasteiger partial charge on any atom is 0.441 e. The zero-order chi connectivity index (χ0) is 13.1. The summed E-state index contributed by atoms with van der Waals surface area (Å²) < 4.78 is 26.6. The van der Waals surface area contributed by atoms with Crippen molar-refractivity contribution in [1.82, 2.24) is 0 Å². The standard InChI is InChI=1S/C9H12N2O5S/c1-16-9(13)7(11-10)8(12)6-2-4-17(14,15)5-3-6/h6H,2-5H2,1H3. The monoisotopic (exact) mass is 260 g/mol. The lowest BCUT2D eigenvalue weighted by Gasteiger charge is -2.18. The molecule has 7 nitrogen and oxygen atoms in total. The lowest BCUT2D eigenvalue weighted by atomic mass is 9.94. The summed E-state index contributed by atoms with van der Waals surface area (Å²) in [5.41, 5.74) is 7.90. The van der Waals surface area contributed by atoms with Gasteiger partial charge in [0.15, 0.2) is 0 Å². The van der Waals surface area contributed by atoms with E-state index in [1.165, 1.54) is 0 Å². The fraction of sp³-hybridized carbons (Fsp3) is 0.667. The normalized spacial score (nSPS) is 19.1. The van der Waals surface area contributed by atoms with Crippen molar-refractivity contribution < 1.29 is 27.5 Å². The number of methoxy groups -OCH3 is 1. The van der Waals surface area contributed by atoms with Gasteiger partial charge in [-0.05, 0) is 12.8 Å². The molecular weight excluding hydrogens is 248 g/mol. The minimum atomic E-state index is -3.08. The van der Waals surface area contributed by atoms with Crippen molar-refractivity contribution in [2.45, 2.75) is 12.8 Å². The van der Waals surface area contributed by atoms with Crippen LogP contribution in [0.4, 0.5) is 0 Å². The van der Waals surface area contributed by atoms with Gasteiger partial charge < -0.3 is 10.3 Å². The summed E-state index contributed by atoms with van der Waals surface area (Å²) >= 11 is 0. The molecule has 0 atom stereocenters. The summed E-state index contributed by atoms with van der Waals surface area (Å²) in [4.78, 5) is 25.5. The van der Waals surface area contributed by atoms with Gasteiger partial charge in [0.25, 0.3) is 5.78 Å². The summed E-state index contributed by atoms with van der Waals surface area (Å²) in [5, 5.41) is 0. The minimum Gasteiger partial charge on any atom is -0.460 e. The summed E-state index contributed by atoms with van der Waals surface area (Å²) in [6.45, 7) is 0. The third-order valence-electron chi connectivity index (χ3n) is 2.64. The summed E-state index contributed by atoms with van der Waals surface area (Å²) in [6.07, 6.45) is 0.272. The van der Waals surface area contributed by atoms with Crippen LogP contribution in [-0.2, 0) is 24.2 Å². The molecule has 0 bridgehead atoms. The van der Waals surface area contributed by atoms with Gasteiger partial charge in [-0.3, -0.25) is 4.79 Å². The first-order valence-electron chi connectivity index (χ1n) is 4.96. The number of ether oxygens (including phenoxy) is 1. The first-order valence-corrected chi connectivity index (χ1v) is 6.78. The molecule has 0 amide bonds. The van der Waals surface area contributed by atoms with Crippen LogP contribution in [-0.4, -0.2) is 49.3 Å². The molecule has 0 aromatic heterocycles. The molecule has 0 radical (unpaired) electrons. The van der Waals surface area contributed by atoms with E-state index in [0.29, 0.717) is 0 Å². The molecule has 1 saturated heterocycles. The maximum atomic E-state index is 11.8. The van der Waals surface area contributed by atoms with E-state index in [-0.39, 0.29) is 24.3 Å². The predicted octanol–water partition coefficient (Wildman–Crippen LogP) is -0.776. The fourth-order valence-corrected chi connectivity index (χ4v) is 3.12. The van der Waals surface area contributed by atoms with Crippen molar-refractivity contribution in [1.29, 1.82) is 0 Å². The van der Waals surface area contributed by atoms with Gasteiger partial charge in [-0.2, -0.15) is 4.79 Å². The van der Waals surface area contributed by atoms with Gasteiger partial charge in [-0.1, -0.05) is 0 Å². The number of sulfone groups is 1. The highest BCUT2D eigenvalue weighted by molar-refractivity contribution is 7.91. The van der Waals surface area contributed by atoms with E-state index < -0.39 is 33.2 Å². The van der Waals surface area contributed by atoms with Crippen LogP contribution in [0.15, 0.2) is 0 Å². The largest absolute Gasteiger partial charge is 0.460 e.